The van der Waals surface area contributed by atoms with Crippen LogP contribution in [0.2, 0.25) is 0 Å². The van der Waals surface area contributed by atoms with Crippen LogP contribution in [0.15, 0.2) is 0 Å². The number of nitrogens with zero attached hydrogens (tertiary/aromatic N) is 1. The minimum absolute atomic E-state index is 1.37. The fourth-order valence-corrected chi connectivity index (χ4v) is 1.59. The maximum atomic E-state index is 2.52. The van der Waals surface area contributed by atoms with Gasteiger partial charge in [0.05, 0.1) is 0 Å². The van der Waals surface area contributed by atoms with Gasteiger partial charge in [-0.25, -0.2) is 0 Å². The highest BCUT2D eigenvalue weighted by Crippen LogP contribution is 2.10. The van der Waals surface area contributed by atoms with Crippen LogP contribution in [0, 0.1) is 0 Å². The summed E-state index contributed by atoms with van der Waals surface area (Å²) in [6.45, 7) is 6.39. The minimum Gasteiger partial charge on any atom is -0.301 e. The Hall–Kier alpha value is -0.0400. The standard InChI is InChI=1S/C11H23N/c1-2-3-4-5-6-7-8-9-12-10-11-12/h2-11H2,1H3. The number of unbranched alkanes of at least 4 members (excludes halogenated alkanes) is 6. The molecule has 72 valence electrons. The maximum Gasteiger partial charge on any atom is 0.0110 e. The lowest BCUT2D eigenvalue weighted by atomic mass is 10.1. The summed E-state index contributed by atoms with van der Waals surface area (Å²) in [5.41, 5.74) is 0. The van der Waals surface area contributed by atoms with Gasteiger partial charge in [0.25, 0.3) is 0 Å². The SMILES string of the molecule is CCCCCCCCCN1CC1. The molecular weight excluding hydrogens is 146 g/mol. The fraction of sp³-hybridized carbons (Fsp3) is 1.00. The van der Waals surface area contributed by atoms with Crippen molar-refractivity contribution in [3.63, 3.8) is 0 Å². The lowest BCUT2D eigenvalue weighted by molar-refractivity contribution is 0.499. The Morgan fingerprint density at radius 3 is 2.00 bits per heavy atom. The van der Waals surface area contributed by atoms with Crippen molar-refractivity contribution in [1.29, 1.82) is 0 Å². The Bertz CT molecular complexity index is 97.2. The molecule has 1 fully saturated rings. The molecule has 0 aliphatic carbocycles. The van der Waals surface area contributed by atoms with E-state index in [-0.39, 0.29) is 0 Å². The average molecular weight is 169 g/mol. The van der Waals surface area contributed by atoms with Crippen molar-refractivity contribution >= 4 is 0 Å². The van der Waals surface area contributed by atoms with Gasteiger partial charge in [-0.05, 0) is 13.0 Å². The molecule has 0 unspecified atom stereocenters. The van der Waals surface area contributed by atoms with Crippen LogP contribution < -0.4 is 0 Å². The fourth-order valence-electron chi connectivity index (χ4n) is 1.59. The van der Waals surface area contributed by atoms with E-state index < -0.39 is 0 Å². The van der Waals surface area contributed by atoms with Crippen LogP contribution in [0.25, 0.3) is 0 Å². The monoisotopic (exact) mass is 169 g/mol. The summed E-state index contributed by atoms with van der Waals surface area (Å²) in [5, 5.41) is 0. The smallest absolute Gasteiger partial charge is 0.0110 e. The second-order valence-electron chi connectivity index (χ2n) is 3.96. The number of hydrogen-bond donors (Lipinski definition) is 0. The van der Waals surface area contributed by atoms with Crippen LogP contribution in [0.5, 0.6) is 0 Å². The largest absolute Gasteiger partial charge is 0.301 e. The van der Waals surface area contributed by atoms with Gasteiger partial charge in [-0.3, -0.25) is 0 Å². The van der Waals surface area contributed by atoms with Crippen LogP contribution in [0.1, 0.15) is 51.9 Å². The van der Waals surface area contributed by atoms with Crippen molar-refractivity contribution in [3.8, 4) is 0 Å². The van der Waals surface area contributed by atoms with Crippen LogP contribution in [0.3, 0.4) is 0 Å². The molecule has 1 saturated heterocycles. The van der Waals surface area contributed by atoms with Crippen molar-refractivity contribution in [2.24, 2.45) is 0 Å². The molecule has 0 aromatic rings. The van der Waals surface area contributed by atoms with Gasteiger partial charge in [0.2, 0.25) is 0 Å². The van der Waals surface area contributed by atoms with E-state index in [4.69, 9.17) is 0 Å². The quantitative estimate of drug-likeness (QED) is 0.398. The van der Waals surface area contributed by atoms with Crippen molar-refractivity contribution in [3.05, 3.63) is 0 Å². The first-order valence-corrected chi connectivity index (χ1v) is 5.66. The molecule has 1 heterocycles. The van der Waals surface area contributed by atoms with Crippen molar-refractivity contribution in [2.75, 3.05) is 19.6 Å². The Kier molecular flexibility index (Phi) is 5.42. The molecule has 1 heteroatoms. The summed E-state index contributed by atoms with van der Waals surface area (Å²) in [6, 6.07) is 0. The molecule has 0 aromatic heterocycles. The van der Waals surface area contributed by atoms with Crippen LogP contribution in [-0.2, 0) is 0 Å². The molecule has 0 atom stereocenters. The van der Waals surface area contributed by atoms with Crippen LogP contribution in [0.4, 0.5) is 0 Å². The summed E-state index contributed by atoms with van der Waals surface area (Å²) in [5.74, 6) is 0. The molecule has 0 aromatic carbocycles. The first kappa shape index (κ1) is 10.0. The summed E-state index contributed by atoms with van der Waals surface area (Å²) >= 11 is 0. The van der Waals surface area contributed by atoms with Gasteiger partial charge in [0.15, 0.2) is 0 Å². The van der Waals surface area contributed by atoms with E-state index >= 15 is 0 Å². The second kappa shape index (κ2) is 6.47. The molecule has 0 spiro atoms. The highest BCUT2D eigenvalue weighted by atomic mass is 15.2. The molecular formula is C11H23N. The van der Waals surface area contributed by atoms with E-state index in [1.54, 1.807) is 0 Å². The Morgan fingerprint density at radius 1 is 0.833 bits per heavy atom. The predicted molar refractivity (Wildman–Crippen MR) is 54.4 cm³/mol. The molecule has 0 amide bonds. The first-order chi connectivity index (χ1) is 5.93. The third-order valence-electron chi connectivity index (χ3n) is 2.62. The van der Waals surface area contributed by atoms with Gasteiger partial charge in [-0.15, -0.1) is 0 Å². The van der Waals surface area contributed by atoms with Gasteiger partial charge in [0, 0.05) is 13.1 Å². The third kappa shape index (κ3) is 5.59. The van der Waals surface area contributed by atoms with E-state index in [0.29, 0.717) is 0 Å². The van der Waals surface area contributed by atoms with Gasteiger partial charge in [0.1, 0.15) is 0 Å². The zero-order valence-electron chi connectivity index (χ0n) is 8.52. The van der Waals surface area contributed by atoms with E-state index in [1.165, 1.54) is 64.6 Å². The molecule has 1 nitrogen and oxygen atoms in total. The van der Waals surface area contributed by atoms with Crippen LogP contribution in [-0.4, -0.2) is 24.5 Å². The van der Waals surface area contributed by atoms with Gasteiger partial charge in [-0.2, -0.15) is 0 Å². The van der Waals surface area contributed by atoms with Gasteiger partial charge < -0.3 is 4.90 Å². The van der Waals surface area contributed by atoms with E-state index in [0.717, 1.165) is 0 Å². The Morgan fingerprint density at radius 2 is 1.42 bits per heavy atom. The molecule has 12 heavy (non-hydrogen) atoms. The average Bonchev–Trinajstić information content (AvgIpc) is 2.87. The third-order valence-corrected chi connectivity index (χ3v) is 2.62. The summed E-state index contributed by atoms with van der Waals surface area (Å²) in [4.78, 5) is 2.52. The van der Waals surface area contributed by atoms with Gasteiger partial charge in [-0.1, -0.05) is 45.4 Å². The lowest BCUT2D eigenvalue weighted by Gasteiger charge is -2.01. The summed E-state index contributed by atoms with van der Waals surface area (Å²) < 4.78 is 0. The van der Waals surface area contributed by atoms with Crippen LogP contribution >= 0.6 is 0 Å². The van der Waals surface area contributed by atoms with Gasteiger partial charge >= 0.3 is 0 Å². The van der Waals surface area contributed by atoms with Crippen molar-refractivity contribution < 1.29 is 0 Å². The first-order valence-electron chi connectivity index (χ1n) is 5.66. The maximum absolute atomic E-state index is 2.52. The highest BCUT2D eigenvalue weighted by molar-refractivity contribution is 4.71. The normalized spacial score (nSPS) is 16.8. The van der Waals surface area contributed by atoms with E-state index in [9.17, 15) is 0 Å². The number of rotatable bonds is 8. The summed E-state index contributed by atoms with van der Waals surface area (Å²) in [6.07, 6.45) is 10.1. The van der Waals surface area contributed by atoms with E-state index in [2.05, 4.69) is 11.8 Å². The van der Waals surface area contributed by atoms with E-state index in [1.807, 2.05) is 0 Å². The molecule has 0 bridgehead atoms. The highest BCUT2D eigenvalue weighted by Gasteiger charge is 2.14. The molecule has 0 saturated carbocycles. The molecule has 0 radical (unpaired) electrons. The second-order valence-corrected chi connectivity index (χ2v) is 3.96. The topological polar surface area (TPSA) is 3.01 Å². The summed E-state index contributed by atoms with van der Waals surface area (Å²) in [7, 11) is 0. The molecule has 1 aliphatic heterocycles. The molecule has 1 rings (SSSR count). The number of hydrogen-bond acceptors (Lipinski definition) is 1. The lowest BCUT2D eigenvalue weighted by Crippen LogP contribution is -1.98. The Balaban J connectivity index is 1.65. The van der Waals surface area contributed by atoms with Crippen molar-refractivity contribution in [2.45, 2.75) is 51.9 Å². The predicted octanol–water partition coefficient (Wildman–Crippen LogP) is 3.05. The van der Waals surface area contributed by atoms with Crippen molar-refractivity contribution in [1.82, 2.24) is 4.90 Å². The Labute approximate surface area is 77.1 Å². The zero-order valence-corrected chi connectivity index (χ0v) is 8.52. The molecule has 0 N–H and O–H groups in total. The minimum atomic E-state index is 1.37. The molecule has 1 aliphatic rings. The zero-order chi connectivity index (χ0) is 8.65.